The molecule has 1 atom stereocenters. The van der Waals surface area contributed by atoms with Gasteiger partial charge < -0.3 is 14.2 Å². The van der Waals surface area contributed by atoms with E-state index < -0.39 is 6.10 Å². The molecule has 0 rings (SSSR count). The van der Waals surface area contributed by atoms with Gasteiger partial charge in [-0.05, 0) is 44.9 Å². The second-order valence-corrected chi connectivity index (χ2v) is 18.2. The Morgan fingerprint density at radius 1 is 0.317 bits per heavy atom. The van der Waals surface area contributed by atoms with Gasteiger partial charge in [0.05, 0.1) is 0 Å². The lowest BCUT2D eigenvalue weighted by Crippen LogP contribution is -2.30. The summed E-state index contributed by atoms with van der Waals surface area (Å²) in [5, 5.41) is 0. The summed E-state index contributed by atoms with van der Waals surface area (Å²) in [7, 11) is 0. The van der Waals surface area contributed by atoms with E-state index in [0.717, 1.165) is 64.2 Å². The molecule has 0 fully saturated rings. The third-order valence-corrected chi connectivity index (χ3v) is 12.0. The Labute approximate surface area is 373 Å². The highest BCUT2D eigenvalue weighted by Gasteiger charge is 2.19. The number of hydrogen-bond donors (Lipinski definition) is 0. The molecule has 0 aromatic rings. The number of rotatable bonds is 49. The Morgan fingerprint density at radius 2 is 0.550 bits per heavy atom. The van der Waals surface area contributed by atoms with Crippen molar-refractivity contribution in [3.63, 3.8) is 0 Å². The largest absolute Gasteiger partial charge is 0.462 e. The second-order valence-electron chi connectivity index (χ2n) is 18.2. The van der Waals surface area contributed by atoms with Gasteiger partial charge in [0.2, 0.25) is 0 Å². The Kier molecular flexibility index (Phi) is 48.3. The third kappa shape index (κ3) is 47.2. The highest BCUT2D eigenvalue weighted by atomic mass is 16.6. The van der Waals surface area contributed by atoms with Crippen LogP contribution in [0.3, 0.4) is 0 Å². The van der Waals surface area contributed by atoms with Crippen LogP contribution in [0.1, 0.15) is 297 Å². The van der Waals surface area contributed by atoms with E-state index in [-0.39, 0.29) is 31.1 Å². The van der Waals surface area contributed by atoms with Crippen LogP contribution in [-0.4, -0.2) is 37.2 Å². The van der Waals surface area contributed by atoms with Gasteiger partial charge in [-0.3, -0.25) is 14.4 Å². The Bertz CT molecular complexity index is 931. The summed E-state index contributed by atoms with van der Waals surface area (Å²) in [5.41, 5.74) is 0. The van der Waals surface area contributed by atoms with Gasteiger partial charge in [-0.2, -0.15) is 0 Å². The summed E-state index contributed by atoms with van der Waals surface area (Å²) in [6, 6.07) is 0. The van der Waals surface area contributed by atoms with E-state index in [0.29, 0.717) is 19.3 Å². The summed E-state index contributed by atoms with van der Waals surface area (Å²) in [6.07, 6.45) is 54.7. The molecule has 0 aromatic heterocycles. The fourth-order valence-corrected chi connectivity index (χ4v) is 7.97. The Morgan fingerprint density at radius 3 is 0.833 bits per heavy atom. The lowest BCUT2D eigenvalue weighted by molar-refractivity contribution is -0.167. The van der Waals surface area contributed by atoms with E-state index in [1.807, 2.05) is 0 Å². The lowest BCUT2D eigenvalue weighted by atomic mass is 10.0. The van der Waals surface area contributed by atoms with Crippen molar-refractivity contribution in [1.29, 1.82) is 0 Å². The van der Waals surface area contributed by atoms with Gasteiger partial charge in [0.1, 0.15) is 13.2 Å². The summed E-state index contributed by atoms with van der Waals surface area (Å²) in [4.78, 5) is 38.0. The minimum atomic E-state index is -0.766. The average molecular weight is 847 g/mol. The van der Waals surface area contributed by atoms with Gasteiger partial charge in [0.25, 0.3) is 0 Å². The molecule has 60 heavy (non-hydrogen) atoms. The van der Waals surface area contributed by atoms with Gasteiger partial charge >= 0.3 is 17.9 Å². The maximum atomic E-state index is 12.8. The fourth-order valence-electron chi connectivity index (χ4n) is 7.97. The van der Waals surface area contributed by atoms with Crippen LogP contribution in [-0.2, 0) is 28.6 Å². The summed E-state index contributed by atoms with van der Waals surface area (Å²) >= 11 is 0. The molecular formula is C54H102O6. The minimum Gasteiger partial charge on any atom is -0.462 e. The first-order valence-electron chi connectivity index (χ1n) is 26.7. The van der Waals surface area contributed by atoms with Gasteiger partial charge in [0.15, 0.2) is 6.10 Å². The highest BCUT2D eigenvalue weighted by Crippen LogP contribution is 2.16. The molecular weight excluding hydrogens is 745 g/mol. The van der Waals surface area contributed by atoms with Crippen molar-refractivity contribution >= 4 is 17.9 Å². The molecule has 0 heterocycles. The van der Waals surface area contributed by atoms with Crippen LogP contribution in [0.2, 0.25) is 0 Å². The lowest BCUT2D eigenvalue weighted by Gasteiger charge is -2.18. The maximum Gasteiger partial charge on any atom is 0.306 e. The molecule has 0 unspecified atom stereocenters. The molecule has 6 nitrogen and oxygen atoms in total. The van der Waals surface area contributed by atoms with E-state index in [1.54, 1.807) is 0 Å². The van der Waals surface area contributed by atoms with Crippen molar-refractivity contribution in [3.8, 4) is 0 Å². The highest BCUT2D eigenvalue weighted by molar-refractivity contribution is 5.71. The molecule has 0 radical (unpaired) electrons. The minimum absolute atomic E-state index is 0.0670. The van der Waals surface area contributed by atoms with Gasteiger partial charge in [0, 0.05) is 19.3 Å². The molecule has 6 heteroatoms. The molecule has 0 bridgehead atoms. The van der Waals surface area contributed by atoms with Crippen molar-refractivity contribution in [1.82, 2.24) is 0 Å². The van der Waals surface area contributed by atoms with E-state index in [2.05, 4.69) is 32.9 Å². The zero-order valence-electron chi connectivity index (χ0n) is 40.5. The van der Waals surface area contributed by atoms with E-state index in [4.69, 9.17) is 14.2 Å². The number of allylic oxidation sites excluding steroid dienone is 2. The van der Waals surface area contributed by atoms with Crippen LogP contribution in [0.25, 0.3) is 0 Å². The van der Waals surface area contributed by atoms with Crippen molar-refractivity contribution in [2.75, 3.05) is 13.2 Å². The van der Waals surface area contributed by atoms with Crippen LogP contribution in [0, 0.1) is 0 Å². The summed E-state index contributed by atoms with van der Waals surface area (Å²) in [5.74, 6) is -0.857. The topological polar surface area (TPSA) is 78.9 Å². The molecule has 0 saturated carbocycles. The average Bonchev–Trinajstić information content (AvgIpc) is 3.24. The molecule has 0 aliphatic heterocycles. The SMILES string of the molecule is CCCCCCCC/C=C\CCCCCCCC(=O)OC[C@H](COC(=O)CCCCCCCCCCCCCCCC)OC(=O)CCCCCCCCCCCCCCC. The predicted octanol–water partition coefficient (Wildman–Crippen LogP) is 17.4. The van der Waals surface area contributed by atoms with Crippen LogP contribution < -0.4 is 0 Å². The summed E-state index contributed by atoms with van der Waals surface area (Å²) < 4.78 is 16.8. The van der Waals surface area contributed by atoms with Crippen LogP contribution in [0.4, 0.5) is 0 Å². The molecule has 0 aliphatic rings. The maximum absolute atomic E-state index is 12.8. The Hall–Kier alpha value is -1.85. The third-order valence-electron chi connectivity index (χ3n) is 12.0. The van der Waals surface area contributed by atoms with Crippen LogP contribution in [0.15, 0.2) is 12.2 Å². The van der Waals surface area contributed by atoms with Crippen LogP contribution >= 0.6 is 0 Å². The van der Waals surface area contributed by atoms with Gasteiger partial charge in [-0.25, -0.2) is 0 Å². The number of hydrogen-bond acceptors (Lipinski definition) is 6. The zero-order chi connectivity index (χ0) is 43.7. The first kappa shape index (κ1) is 58.1. The van der Waals surface area contributed by atoms with Gasteiger partial charge in [-0.15, -0.1) is 0 Å². The fraction of sp³-hybridized carbons (Fsp3) is 0.907. The zero-order valence-corrected chi connectivity index (χ0v) is 40.5. The predicted molar refractivity (Wildman–Crippen MR) is 256 cm³/mol. The van der Waals surface area contributed by atoms with E-state index >= 15 is 0 Å². The van der Waals surface area contributed by atoms with E-state index in [9.17, 15) is 14.4 Å². The first-order chi connectivity index (χ1) is 29.5. The molecule has 0 amide bonds. The normalized spacial score (nSPS) is 12.0. The standard InChI is InChI=1S/C54H102O6/c1-4-7-10-13-16-19-22-25-27-30-32-35-38-41-44-47-53(56)59-50-51(60-54(57)48-45-42-39-36-33-28-24-21-18-15-12-9-6-3)49-58-52(55)46-43-40-37-34-31-29-26-23-20-17-14-11-8-5-2/h25,27,51H,4-24,26,28-50H2,1-3H3/b27-25-/t51-/m0/s1. The number of carbonyl (C=O) groups is 3. The number of esters is 3. The molecule has 0 aromatic carbocycles. The number of carbonyl (C=O) groups excluding carboxylic acids is 3. The number of ether oxygens (including phenoxy) is 3. The smallest absolute Gasteiger partial charge is 0.306 e. The van der Waals surface area contributed by atoms with Crippen molar-refractivity contribution < 1.29 is 28.6 Å². The molecule has 0 aliphatic carbocycles. The van der Waals surface area contributed by atoms with Gasteiger partial charge in [-0.1, -0.05) is 245 Å². The van der Waals surface area contributed by atoms with Crippen molar-refractivity contribution in [2.24, 2.45) is 0 Å². The van der Waals surface area contributed by atoms with E-state index in [1.165, 1.54) is 193 Å². The summed E-state index contributed by atoms with van der Waals surface area (Å²) in [6.45, 7) is 6.66. The second kappa shape index (κ2) is 49.8. The number of unbranched alkanes of at least 4 members (excludes halogenated alkanes) is 36. The van der Waals surface area contributed by atoms with Crippen molar-refractivity contribution in [3.05, 3.63) is 12.2 Å². The molecule has 0 saturated heterocycles. The Balaban J connectivity index is 4.33. The molecule has 0 N–H and O–H groups in total. The van der Waals surface area contributed by atoms with Crippen LogP contribution in [0.5, 0.6) is 0 Å². The molecule has 0 spiro atoms. The first-order valence-corrected chi connectivity index (χ1v) is 26.7. The quantitative estimate of drug-likeness (QED) is 0.0263. The van der Waals surface area contributed by atoms with Crippen molar-refractivity contribution in [2.45, 2.75) is 303 Å². The monoisotopic (exact) mass is 847 g/mol. The molecule has 354 valence electrons.